The lowest BCUT2D eigenvalue weighted by molar-refractivity contribution is -0.130. The molecular weight excluding hydrogens is 340 g/mol. The van der Waals surface area contributed by atoms with E-state index in [2.05, 4.69) is 40.2 Å². The van der Waals surface area contributed by atoms with Crippen LogP contribution in [-0.4, -0.2) is 47.1 Å². The van der Waals surface area contributed by atoms with Crippen LogP contribution in [0.1, 0.15) is 11.4 Å². The fourth-order valence-corrected chi connectivity index (χ4v) is 3.39. The zero-order valence-electron chi connectivity index (χ0n) is 15.3. The molecule has 4 rings (SSSR count). The number of hydrogen-bond acceptors (Lipinski definition) is 5. The van der Waals surface area contributed by atoms with Crippen molar-refractivity contribution in [2.45, 2.75) is 13.3 Å². The minimum atomic E-state index is 0.0415. The second-order valence-electron chi connectivity index (χ2n) is 6.71. The molecule has 0 spiro atoms. The average molecular weight is 362 g/mol. The van der Waals surface area contributed by atoms with E-state index < -0.39 is 0 Å². The fourth-order valence-electron chi connectivity index (χ4n) is 3.39. The minimum absolute atomic E-state index is 0.0415. The zero-order valence-corrected chi connectivity index (χ0v) is 15.3. The highest BCUT2D eigenvalue weighted by Gasteiger charge is 2.23. The molecule has 0 atom stereocenters. The lowest BCUT2D eigenvalue weighted by atomic mass is 10.1. The first-order valence-corrected chi connectivity index (χ1v) is 9.17. The fraction of sp³-hybridized carbons (Fsp3) is 0.286. The number of rotatable bonds is 4. The Bertz CT molecular complexity index is 915. The van der Waals surface area contributed by atoms with Gasteiger partial charge in [-0.1, -0.05) is 41.6 Å². The standard InChI is InChI=1S/C21H22N4O2/c1-16-7-5-6-10-18(16)24-11-13-25(14-12-24)20(26)15-19-22-21(27-23-19)17-8-3-2-4-9-17/h2-10H,11-15H2,1H3. The largest absolute Gasteiger partial charge is 0.368 e. The Morgan fingerprint density at radius 1 is 1.00 bits per heavy atom. The van der Waals surface area contributed by atoms with Gasteiger partial charge in [0.15, 0.2) is 5.82 Å². The summed E-state index contributed by atoms with van der Waals surface area (Å²) in [6.45, 7) is 5.19. The molecule has 1 aliphatic rings. The number of aromatic nitrogens is 2. The predicted octanol–water partition coefficient (Wildman–Crippen LogP) is 2.94. The predicted molar refractivity (Wildman–Crippen MR) is 103 cm³/mol. The number of nitrogens with zero attached hydrogens (tertiary/aromatic N) is 4. The van der Waals surface area contributed by atoms with Gasteiger partial charge >= 0.3 is 0 Å². The Labute approximate surface area is 158 Å². The smallest absolute Gasteiger partial charge is 0.257 e. The summed E-state index contributed by atoms with van der Waals surface area (Å²) in [6.07, 6.45) is 0.167. The highest BCUT2D eigenvalue weighted by molar-refractivity contribution is 5.78. The quantitative estimate of drug-likeness (QED) is 0.714. The Morgan fingerprint density at radius 2 is 1.70 bits per heavy atom. The third-order valence-electron chi connectivity index (χ3n) is 4.89. The van der Waals surface area contributed by atoms with E-state index in [4.69, 9.17) is 4.52 Å². The van der Waals surface area contributed by atoms with Crippen molar-refractivity contribution in [2.24, 2.45) is 0 Å². The van der Waals surface area contributed by atoms with Crippen molar-refractivity contribution in [1.29, 1.82) is 0 Å². The first-order valence-electron chi connectivity index (χ1n) is 9.17. The molecule has 1 amide bonds. The maximum atomic E-state index is 12.6. The molecule has 1 aliphatic heterocycles. The second-order valence-corrected chi connectivity index (χ2v) is 6.71. The van der Waals surface area contributed by atoms with Gasteiger partial charge in [0.25, 0.3) is 5.89 Å². The lowest BCUT2D eigenvalue weighted by Crippen LogP contribution is -2.49. The Hall–Kier alpha value is -3.15. The van der Waals surface area contributed by atoms with Crippen molar-refractivity contribution in [3.63, 3.8) is 0 Å². The normalized spacial score (nSPS) is 14.4. The van der Waals surface area contributed by atoms with E-state index in [-0.39, 0.29) is 12.3 Å². The summed E-state index contributed by atoms with van der Waals surface area (Å²) in [6, 6.07) is 17.9. The molecule has 1 saturated heterocycles. The Balaban J connectivity index is 1.35. The van der Waals surface area contributed by atoms with Crippen molar-refractivity contribution in [2.75, 3.05) is 31.1 Å². The summed E-state index contributed by atoms with van der Waals surface area (Å²) in [7, 11) is 0. The molecule has 2 aromatic carbocycles. The van der Waals surface area contributed by atoms with E-state index in [0.717, 1.165) is 18.7 Å². The topological polar surface area (TPSA) is 62.5 Å². The van der Waals surface area contributed by atoms with Gasteiger partial charge in [-0.15, -0.1) is 0 Å². The van der Waals surface area contributed by atoms with Gasteiger partial charge in [0.2, 0.25) is 5.91 Å². The molecule has 6 nitrogen and oxygen atoms in total. The molecule has 0 saturated carbocycles. The first kappa shape index (κ1) is 17.3. The van der Waals surface area contributed by atoms with Crippen LogP contribution in [0.4, 0.5) is 5.69 Å². The number of aryl methyl sites for hydroxylation is 1. The highest BCUT2D eigenvalue weighted by atomic mass is 16.5. The van der Waals surface area contributed by atoms with E-state index >= 15 is 0 Å². The molecule has 138 valence electrons. The van der Waals surface area contributed by atoms with Crippen LogP contribution in [0, 0.1) is 6.92 Å². The molecule has 0 bridgehead atoms. The van der Waals surface area contributed by atoms with E-state index in [1.54, 1.807) is 0 Å². The Kier molecular flexibility index (Phi) is 4.87. The van der Waals surface area contributed by atoms with Crippen LogP contribution in [-0.2, 0) is 11.2 Å². The van der Waals surface area contributed by atoms with Crippen LogP contribution in [0.25, 0.3) is 11.5 Å². The third-order valence-corrected chi connectivity index (χ3v) is 4.89. The lowest BCUT2D eigenvalue weighted by Gasteiger charge is -2.36. The summed E-state index contributed by atoms with van der Waals surface area (Å²) in [4.78, 5) is 21.2. The molecule has 1 fully saturated rings. The van der Waals surface area contributed by atoms with Crippen LogP contribution < -0.4 is 4.90 Å². The summed E-state index contributed by atoms with van der Waals surface area (Å²) >= 11 is 0. The number of benzene rings is 2. The van der Waals surface area contributed by atoms with E-state index in [0.29, 0.717) is 24.8 Å². The van der Waals surface area contributed by atoms with Gasteiger partial charge in [0.05, 0.1) is 6.42 Å². The molecule has 2 heterocycles. The molecule has 0 aliphatic carbocycles. The van der Waals surface area contributed by atoms with Gasteiger partial charge in [-0.3, -0.25) is 4.79 Å². The highest BCUT2D eigenvalue weighted by Crippen LogP contribution is 2.21. The average Bonchev–Trinajstić information content (AvgIpc) is 3.18. The molecule has 3 aromatic rings. The van der Waals surface area contributed by atoms with Crippen molar-refractivity contribution in [3.8, 4) is 11.5 Å². The maximum absolute atomic E-state index is 12.6. The SMILES string of the molecule is Cc1ccccc1N1CCN(C(=O)Cc2noc(-c3ccccc3)n2)CC1. The minimum Gasteiger partial charge on any atom is -0.368 e. The van der Waals surface area contributed by atoms with Crippen LogP contribution in [0.15, 0.2) is 59.1 Å². The number of hydrogen-bond donors (Lipinski definition) is 0. The number of carbonyl (C=O) groups excluding carboxylic acids is 1. The van der Waals surface area contributed by atoms with Gasteiger partial charge in [-0.2, -0.15) is 4.98 Å². The van der Waals surface area contributed by atoms with Crippen LogP contribution in [0.2, 0.25) is 0 Å². The number of piperazine rings is 1. The van der Waals surface area contributed by atoms with Crippen molar-refractivity contribution >= 4 is 11.6 Å². The number of amides is 1. The zero-order chi connectivity index (χ0) is 18.6. The van der Waals surface area contributed by atoms with Gasteiger partial charge in [0, 0.05) is 37.4 Å². The monoisotopic (exact) mass is 362 g/mol. The second kappa shape index (κ2) is 7.61. The summed E-state index contributed by atoms with van der Waals surface area (Å²) in [5.41, 5.74) is 3.36. The van der Waals surface area contributed by atoms with Crippen molar-refractivity contribution in [3.05, 3.63) is 66.0 Å². The molecule has 27 heavy (non-hydrogen) atoms. The molecule has 1 aromatic heterocycles. The van der Waals surface area contributed by atoms with E-state index in [1.807, 2.05) is 41.3 Å². The van der Waals surface area contributed by atoms with Crippen LogP contribution in [0.3, 0.4) is 0 Å². The molecule has 0 unspecified atom stereocenters. The van der Waals surface area contributed by atoms with Gasteiger partial charge in [0.1, 0.15) is 0 Å². The first-order chi connectivity index (χ1) is 13.2. The number of carbonyl (C=O) groups is 1. The van der Waals surface area contributed by atoms with Gasteiger partial charge in [-0.25, -0.2) is 0 Å². The summed E-state index contributed by atoms with van der Waals surface area (Å²) < 4.78 is 5.29. The number of anilines is 1. The maximum Gasteiger partial charge on any atom is 0.257 e. The van der Waals surface area contributed by atoms with Crippen LogP contribution in [0.5, 0.6) is 0 Å². The van der Waals surface area contributed by atoms with E-state index in [9.17, 15) is 4.79 Å². The van der Waals surface area contributed by atoms with Crippen molar-refractivity contribution < 1.29 is 9.32 Å². The number of para-hydroxylation sites is 1. The van der Waals surface area contributed by atoms with Crippen molar-refractivity contribution in [1.82, 2.24) is 15.0 Å². The van der Waals surface area contributed by atoms with E-state index in [1.165, 1.54) is 11.3 Å². The summed E-state index contributed by atoms with van der Waals surface area (Å²) in [5.74, 6) is 0.919. The molecule has 0 N–H and O–H groups in total. The Morgan fingerprint density at radius 3 is 2.44 bits per heavy atom. The van der Waals surface area contributed by atoms with Gasteiger partial charge < -0.3 is 14.3 Å². The van der Waals surface area contributed by atoms with Crippen LogP contribution >= 0.6 is 0 Å². The molecular formula is C21H22N4O2. The third kappa shape index (κ3) is 3.84. The van der Waals surface area contributed by atoms with Gasteiger partial charge in [-0.05, 0) is 30.7 Å². The molecule has 6 heteroatoms. The summed E-state index contributed by atoms with van der Waals surface area (Å²) in [5, 5.41) is 3.96. The molecule has 0 radical (unpaired) electrons.